The lowest BCUT2D eigenvalue weighted by Crippen LogP contribution is -2.46. The number of nitrogens with zero attached hydrogens (tertiary/aromatic N) is 4. The van der Waals surface area contributed by atoms with E-state index in [9.17, 15) is 4.79 Å². The van der Waals surface area contributed by atoms with Gasteiger partial charge in [-0.1, -0.05) is 5.16 Å². The van der Waals surface area contributed by atoms with Crippen LogP contribution in [0.4, 0.5) is 0 Å². The predicted octanol–water partition coefficient (Wildman–Crippen LogP) is 2.07. The number of carbonyl (C=O) groups is 1. The molecular formula is C19H24N4O4. The van der Waals surface area contributed by atoms with Gasteiger partial charge in [-0.15, -0.1) is 0 Å². The highest BCUT2D eigenvalue weighted by Crippen LogP contribution is 2.22. The van der Waals surface area contributed by atoms with Crippen molar-refractivity contribution in [2.45, 2.75) is 38.4 Å². The topological polar surface area (TPSA) is 90.6 Å². The minimum absolute atomic E-state index is 0.00110. The average molecular weight is 372 g/mol. The molecular weight excluding hydrogens is 348 g/mol. The molecule has 2 aliphatic rings. The van der Waals surface area contributed by atoms with Crippen molar-refractivity contribution >= 4 is 5.91 Å². The molecule has 0 bridgehead atoms. The minimum atomic E-state index is -0.00110. The van der Waals surface area contributed by atoms with Crippen molar-refractivity contribution in [1.29, 1.82) is 0 Å². The highest BCUT2D eigenvalue weighted by molar-refractivity contribution is 5.79. The molecule has 27 heavy (non-hydrogen) atoms. The zero-order valence-electron chi connectivity index (χ0n) is 15.2. The first kappa shape index (κ1) is 18.1. The van der Waals surface area contributed by atoms with Crippen LogP contribution < -0.4 is 0 Å². The molecule has 0 N–H and O–H groups in total. The van der Waals surface area contributed by atoms with Crippen LogP contribution in [0.3, 0.4) is 0 Å². The van der Waals surface area contributed by atoms with Crippen molar-refractivity contribution in [2.75, 3.05) is 26.3 Å². The second-order valence-electron chi connectivity index (χ2n) is 6.99. The van der Waals surface area contributed by atoms with Gasteiger partial charge in [0, 0.05) is 50.2 Å². The standard InChI is InChI=1S/C19H24N4O4/c24-19(15-5-10-25-11-6-15)23-9-1-2-16(12-23)26-13-17-21-18(22-27-17)14-3-7-20-8-4-14/h3-4,7-8,15-16H,1-2,5-6,9-13H2. The van der Waals surface area contributed by atoms with Gasteiger partial charge in [0.25, 0.3) is 5.89 Å². The minimum Gasteiger partial charge on any atom is -0.381 e. The molecule has 4 heterocycles. The first-order valence-electron chi connectivity index (χ1n) is 9.51. The van der Waals surface area contributed by atoms with Gasteiger partial charge in [0.2, 0.25) is 11.7 Å². The largest absolute Gasteiger partial charge is 0.381 e. The Bertz CT molecular complexity index is 745. The van der Waals surface area contributed by atoms with E-state index in [1.54, 1.807) is 12.4 Å². The van der Waals surface area contributed by atoms with Crippen LogP contribution in [0.15, 0.2) is 29.0 Å². The summed E-state index contributed by atoms with van der Waals surface area (Å²) < 4.78 is 16.6. The molecule has 0 radical (unpaired) electrons. The molecule has 2 saturated heterocycles. The fourth-order valence-electron chi connectivity index (χ4n) is 3.60. The maximum atomic E-state index is 12.7. The van der Waals surface area contributed by atoms with E-state index in [0.717, 1.165) is 37.8 Å². The van der Waals surface area contributed by atoms with E-state index in [-0.39, 0.29) is 24.5 Å². The molecule has 0 spiro atoms. The van der Waals surface area contributed by atoms with Gasteiger partial charge in [0.1, 0.15) is 6.61 Å². The molecule has 2 aromatic rings. The van der Waals surface area contributed by atoms with Crippen molar-refractivity contribution in [2.24, 2.45) is 5.92 Å². The fourth-order valence-corrected chi connectivity index (χ4v) is 3.60. The van der Waals surface area contributed by atoms with Gasteiger partial charge in [-0.3, -0.25) is 9.78 Å². The Morgan fingerprint density at radius 3 is 2.85 bits per heavy atom. The molecule has 2 fully saturated rings. The van der Waals surface area contributed by atoms with E-state index < -0.39 is 0 Å². The van der Waals surface area contributed by atoms with E-state index in [2.05, 4.69) is 15.1 Å². The number of piperidine rings is 1. The lowest BCUT2D eigenvalue weighted by Gasteiger charge is -2.35. The lowest BCUT2D eigenvalue weighted by molar-refractivity contribution is -0.143. The first-order chi connectivity index (χ1) is 13.3. The second-order valence-corrected chi connectivity index (χ2v) is 6.99. The van der Waals surface area contributed by atoms with Crippen LogP contribution in [0.25, 0.3) is 11.4 Å². The molecule has 1 atom stereocenters. The Balaban J connectivity index is 1.29. The van der Waals surface area contributed by atoms with Crippen LogP contribution >= 0.6 is 0 Å². The maximum Gasteiger partial charge on any atom is 0.252 e. The SMILES string of the molecule is O=C(C1CCOCC1)N1CCCC(OCc2nc(-c3ccncc3)no2)C1. The van der Waals surface area contributed by atoms with Gasteiger partial charge in [-0.2, -0.15) is 4.98 Å². The highest BCUT2D eigenvalue weighted by atomic mass is 16.5. The quantitative estimate of drug-likeness (QED) is 0.793. The van der Waals surface area contributed by atoms with Crippen LogP contribution in [-0.4, -0.2) is 58.3 Å². The summed E-state index contributed by atoms with van der Waals surface area (Å²) >= 11 is 0. The third kappa shape index (κ3) is 4.51. The number of ether oxygens (including phenoxy) is 2. The number of carbonyl (C=O) groups excluding carboxylic acids is 1. The number of hydrogen-bond donors (Lipinski definition) is 0. The van der Waals surface area contributed by atoms with Crippen molar-refractivity contribution in [3.8, 4) is 11.4 Å². The Kier molecular flexibility index (Phi) is 5.74. The fraction of sp³-hybridized carbons (Fsp3) is 0.579. The number of pyridine rings is 1. The third-order valence-electron chi connectivity index (χ3n) is 5.11. The molecule has 2 aromatic heterocycles. The summed E-state index contributed by atoms with van der Waals surface area (Å²) in [5.74, 6) is 1.30. The van der Waals surface area contributed by atoms with Gasteiger partial charge in [0.05, 0.1) is 6.10 Å². The molecule has 4 rings (SSSR count). The summed E-state index contributed by atoms with van der Waals surface area (Å²) in [6.07, 6.45) is 6.90. The van der Waals surface area contributed by atoms with Crippen molar-refractivity contribution in [1.82, 2.24) is 20.0 Å². The molecule has 144 valence electrons. The molecule has 0 aromatic carbocycles. The lowest BCUT2D eigenvalue weighted by atomic mass is 9.97. The number of aromatic nitrogens is 3. The van der Waals surface area contributed by atoms with E-state index >= 15 is 0 Å². The van der Waals surface area contributed by atoms with Gasteiger partial charge in [0.15, 0.2) is 0 Å². The van der Waals surface area contributed by atoms with Crippen LogP contribution in [0, 0.1) is 5.92 Å². The molecule has 1 unspecified atom stereocenters. The molecule has 0 saturated carbocycles. The average Bonchev–Trinajstić information content (AvgIpc) is 3.22. The van der Waals surface area contributed by atoms with Crippen LogP contribution in [0.5, 0.6) is 0 Å². The summed E-state index contributed by atoms with van der Waals surface area (Å²) in [6, 6.07) is 3.66. The maximum absolute atomic E-state index is 12.7. The van der Waals surface area contributed by atoms with Crippen molar-refractivity contribution < 1.29 is 18.8 Å². The number of amides is 1. The summed E-state index contributed by atoms with van der Waals surface area (Å²) in [5, 5.41) is 3.98. The van der Waals surface area contributed by atoms with Gasteiger partial charge < -0.3 is 18.9 Å². The molecule has 8 nitrogen and oxygen atoms in total. The van der Waals surface area contributed by atoms with Gasteiger partial charge >= 0.3 is 0 Å². The molecule has 2 aliphatic heterocycles. The van der Waals surface area contributed by atoms with Crippen LogP contribution in [0.1, 0.15) is 31.6 Å². The Morgan fingerprint density at radius 2 is 2.04 bits per heavy atom. The second kappa shape index (κ2) is 8.58. The summed E-state index contributed by atoms with van der Waals surface area (Å²) in [4.78, 5) is 23.0. The number of likely N-dealkylation sites (tertiary alicyclic amines) is 1. The summed E-state index contributed by atoms with van der Waals surface area (Å²) in [7, 11) is 0. The van der Waals surface area contributed by atoms with Crippen LogP contribution in [0.2, 0.25) is 0 Å². The monoisotopic (exact) mass is 372 g/mol. The summed E-state index contributed by atoms with van der Waals surface area (Å²) in [5.41, 5.74) is 0.853. The smallest absolute Gasteiger partial charge is 0.252 e. The Hall–Kier alpha value is -2.32. The van der Waals surface area contributed by atoms with Gasteiger partial charge in [-0.25, -0.2) is 0 Å². The van der Waals surface area contributed by atoms with E-state index in [1.165, 1.54) is 0 Å². The summed E-state index contributed by atoms with van der Waals surface area (Å²) in [6.45, 7) is 3.05. The molecule has 0 aliphatic carbocycles. The third-order valence-corrected chi connectivity index (χ3v) is 5.11. The van der Waals surface area contributed by atoms with Crippen molar-refractivity contribution in [3.63, 3.8) is 0 Å². The van der Waals surface area contributed by atoms with Crippen molar-refractivity contribution in [3.05, 3.63) is 30.4 Å². The Morgan fingerprint density at radius 1 is 1.22 bits per heavy atom. The zero-order valence-corrected chi connectivity index (χ0v) is 15.2. The number of hydrogen-bond acceptors (Lipinski definition) is 7. The van der Waals surface area contributed by atoms with E-state index in [1.807, 2.05) is 17.0 Å². The zero-order chi connectivity index (χ0) is 18.5. The number of rotatable bonds is 5. The predicted molar refractivity (Wildman–Crippen MR) is 95.5 cm³/mol. The normalized spacial score (nSPS) is 21.3. The molecule has 1 amide bonds. The Labute approximate surface area is 157 Å². The van der Waals surface area contributed by atoms with Gasteiger partial charge in [-0.05, 0) is 37.8 Å². The highest BCUT2D eigenvalue weighted by Gasteiger charge is 2.30. The first-order valence-corrected chi connectivity index (χ1v) is 9.51. The van der Waals surface area contributed by atoms with Crippen LogP contribution in [-0.2, 0) is 20.9 Å². The van der Waals surface area contributed by atoms with E-state index in [0.29, 0.717) is 31.5 Å². The molecule has 8 heteroatoms. The van der Waals surface area contributed by atoms with E-state index in [4.69, 9.17) is 14.0 Å².